The molecular formula is C22H25NO6. The molecule has 7 heteroatoms. The van der Waals surface area contributed by atoms with Crippen LogP contribution in [0.25, 0.3) is 6.08 Å². The Kier molecular flexibility index (Phi) is 8.09. The molecule has 2 rings (SSSR count). The van der Waals surface area contributed by atoms with Gasteiger partial charge in [-0.05, 0) is 54.5 Å². The van der Waals surface area contributed by atoms with Crippen molar-refractivity contribution >= 4 is 23.6 Å². The first kappa shape index (κ1) is 21.8. The van der Waals surface area contributed by atoms with Crippen molar-refractivity contribution in [3.63, 3.8) is 0 Å². The van der Waals surface area contributed by atoms with E-state index in [0.29, 0.717) is 40.7 Å². The number of hydrogen-bond acceptors (Lipinski definition) is 6. The third-order valence-corrected chi connectivity index (χ3v) is 3.94. The highest BCUT2D eigenvalue weighted by Gasteiger charge is 2.12. The molecule has 1 amide bonds. The lowest BCUT2D eigenvalue weighted by atomic mass is 10.1. The zero-order valence-corrected chi connectivity index (χ0v) is 17.0. The highest BCUT2D eigenvalue weighted by Crippen LogP contribution is 2.38. The predicted octanol–water partition coefficient (Wildman–Crippen LogP) is 3.93. The Hall–Kier alpha value is -3.48. The SMILES string of the molecule is CCCOC(=O)c1ccc(NC(=O)C=Cc2cc(OC)c(OC)c(OC)c2)cc1. The number of esters is 1. The van der Waals surface area contributed by atoms with Gasteiger partial charge in [-0.1, -0.05) is 6.92 Å². The summed E-state index contributed by atoms with van der Waals surface area (Å²) in [6.45, 7) is 2.31. The fourth-order valence-corrected chi connectivity index (χ4v) is 2.52. The molecule has 0 aliphatic carbocycles. The highest BCUT2D eigenvalue weighted by atomic mass is 16.5. The number of carbonyl (C=O) groups is 2. The third kappa shape index (κ3) is 6.00. The topological polar surface area (TPSA) is 83.1 Å². The molecule has 0 atom stereocenters. The fourth-order valence-electron chi connectivity index (χ4n) is 2.52. The van der Waals surface area contributed by atoms with Crippen molar-refractivity contribution in [1.29, 1.82) is 0 Å². The highest BCUT2D eigenvalue weighted by molar-refractivity contribution is 6.02. The Bertz CT molecular complexity index is 848. The van der Waals surface area contributed by atoms with Gasteiger partial charge in [0.1, 0.15) is 0 Å². The van der Waals surface area contributed by atoms with Crippen molar-refractivity contribution in [2.24, 2.45) is 0 Å². The van der Waals surface area contributed by atoms with Gasteiger partial charge in [0, 0.05) is 11.8 Å². The van der Waals surface area contributed by atoms with Crippen LogP contribution in [0.2, 0.25) is 0 Å². The van der Waals surface area contributed by atoms with Crippen LogP contribution >= 0.6 is 0 Å². The van der Waals surface area contributed by atoms with Gasteiger partial charge in [0.25, 0.3) is 0 Å². The van der Waals surface area contributed by atoms with Crippen molar-refractivity contribution in [1.82, 2.24) is 0 Å². The Morgan fingerprint density at radius 2 is 1.59 bits per heavy atom. The summed E-state index contributed by atoms with van der Waals surface area (Å²) in [6, 6.07) is 9.98. The van der Waals surface area contributed by atoms with Gasteiger partial charge in [0.15, 0.2) is 11.5 Å². The second-order valence-corrected chi connectivity index (χ2v) is 5.99. The summed E-state index contributed by atoms with van der Waals surface area (Å²) in [4.78, 5) is 24.0. The number of ether oxygens (including phenoxy) is 4. The number of rotatable bonds is 9. The van der Waals surface area contributed by atoms with Crippen LogP contribution in [-0.4, -0.2) is 39.8 Å². The van der Waals surface area contributed by atoms with Crippen molar-refractivity contribution < 1.29 is 28.5 Å². The number of nitrogens with one attached hydrogen (secondary N) is 1. The number of methoxy groups -OCH3 is 3. The molecule has 0 aliphatic heterocycles. The summed E-state index contributed by atoms with van der Waals surface area (Å²) in [5.41, 5.74) is 1.71. The van der Waals surface area contributed by atoms with Crippen LogP contribution in [0.3, 0.4) is 0 Å². The summed E-state index contributed by atoms with van der Waals surface area (Å²) in [5.74, 6) is 0.774. The first-order valence-corrected chi connectivity index (χ1v) is 9.08. The van der Waals surface area contributed by atoms with E-state index in [0.717, 1.165) is 6.42 Å². The minimum atomic E-state index is -0.382. The van der Waals surface area contributed by atoms with Gasteiger partial charge in [-0.3, -0.25) is 4.79 Å². The maximum Gasteiger partial charge on any atom is 0.338 e. The Labute approximate surface area is 170 Å². The monoisotopic (exact) mass is 399 g/mol. The second-order valence-electron chi connectivity index (χ2n) is 5.99. The predicted molar refractivity (Wildman–Crippen MR) is 111 cm³/mol. The summed E-state index contributed by atoms with van der Waals surface area (Å²) in [5, 5.41) is 2.74. The molecule has 0 saturated carbocycles. The maximum atomic E-state index is 12.2. The van der Waals surface area contributed by atoms with Crippen LogP contribution in [0, 0.1) is 0 Å². The third-order valence-electron chi connectivity index (χ3n) is 3.94. The molecule has 1 N–H and O–H groups in total. The van der Waals surface area contributed by atoms with Crippen LogP contribution < -0.4 is 19.5 Å². The molecule has 29 heavy (non-hydrogen) atoms. The lowest BCUT2D eigenvalue weighted by Crippen LogP contribution is -2.09. The van der Waals surface area contributed by atoms with E-state index in [2.05, 4.69) is 5.32 Å². The van der Waals surface area contributed by atoms with E-state index >= 15 is 0 Å². The first-order valence-electron chi connectivity index (χ1n) is 9.08. The molecule has 0 bridgehead atoms. The largest absolute Gasteiger partial charge is 0.493 e. The Balaban J connectivity index is 2.05. The average molecular weight is 399 g/mol. The number of amides is 1. The summed E-state index contributed by atoms with van der Waals surface area (Å²) in [6.07, 6.45) is 3.79. The van der Waals surface area contributed by atoms with Gasteiger partial charge in [-0.25, -0.2) is 4.79 Å². The molecule has 0 fully saturated rings. The summed E-state index contributed by atoms with van der Waals surface area (Å²) in [7, 11) is 4.58. The van der Waals surface area contributed by atoms with E-state index in [9.17, 15) is 9.59 Å². The summed E-state index contributed by atoms with van der Waals surface area (Å²) < 4.78 is 21.0. The molecule has 7 nitrogen and oxygen atoms in total. The van der Waals surface area contributed by atoms with Crippen molar-refractivity contribution in [3.05, 3.63) is 53.6 Å². The standard InChI is InChI=1S/C22H25NO6/c1-5-12-29-22(25)16-7-9-17(10-8-16)23-20(24)11-6-15-13-18(26-2)21(28-4)19(14-15)27-3/h6-11,13-14H,5,12H2,1-4H3,(H,23,24). The van der Waals surface area contributed by atoms with Crippen molar-refractivity contribution in [3.8, 4) is 17.2 Å². The Morgan fingerprint density at radius 3 is 2.10 bits per heavy atom. The minimum Gasteiger partial charge on any atom is -0.493 e. The zero-order chi connectivity index (χ0) is 21.2. The molecule has 0 radical (unpaired) electrons. The van der Waals surface area contributed by atoms with Crippen LogP contribution in [-0.2, 0) is 9.53 Å². The van der Waals surface area contributed by atoms with E-state index in [1.54, 1.807) is 42.5 Å². The quantitative estimate of drug-likeness (QED) is 0.508. The molecular weight excluding hydrogens is 374 g/mol. The van der Waals surface area contributed by atoms with Gasteiger partial charge in [-0.2, -0.15) is 0 Å². The molecule has 0 aliphatic rings. The van der Waals surface area contributed by atoms with Crippen LogP contribution in [0.15, 0.2) is 42.5 Å². The number of hydrogen-bond donors (Lipinski definition) is 1. The van der Waals surface area contributed by atoms with E-state index in [1.807, 2.05) is 6.92 Å². The normalized spacial score (nSPS) is 10.5. The second kappa shape index (κ2) is 10.8. The lowest BCUT2D eigenvalue weighted by molar-refractivity contribution is -0.111. The smallest absolute Gasteiger partial charge is 0.338 e. The summed E-state index contributed by atoms with van der Waals surface area (Å²) >= 11 is 0. The molecule has 0 unspecified atom stereocenters. The molecule has 0 aromatic heterocycles. The fraction of sp³-hybridized carbons (Fsp3) is 0.273. The van der Waals surface area contributed by atoms with Gasteiger partial charge < -0.3 is 24.3 Å². The van der Waals surface area contributed by atoms with Gasteiger partial charge in [-0.15, -0.1) is 0 Å². The Morgan fingerprint density at radius 1 is 0.966 bits per heavy atom. The molecule has 2 aromatic rings. The first-order chi connectivity index (χ1) is 14.0. The van der Waals surface area contributed by atoms with E-state index in [1.165, 1.54) is 27.4 Å². The van der Waals surface area contributed by atoms with Crippen LogP contribution in [0.5, 0.6) is 17.2 Å². The minimum absolute atomic E-state index is 0.319. The van der Waals surface area contributed by atoms with E-state index in [-0.39, 0.29) is 11.9 Å². The van der Waals surface area contributed by atoms with E-state index in [4.69, 9.17) is 18.9 Å². The van der Waals surface area contributed by atoms with Crippen molar-refractivity contribution in [2.45, 2.75) is 13.3 Å². The van der Waals surface area contributed by atoms with Gasteiger partial charge in [0.05, 0.1) is 33.5 Å². The molecule has 0 saturated heterocycles. The number of carbonyl (C=O) groups excluding carboxylic acids is 2. The zero-order valence-electron chi connectivity index (χ0n) is 17.0. The molecule has 2 aromatic carbocycles. The number of benzene rings is 2. The van der Waals surface area contributed by atoms with Gasteiger partial charge >= 0.3 is 5.97 Å². The lowest BCUT2D eigenvalue weighted by Gasteiger charge is -2.12. The van der Waals surface area contributed by atoms with Crippen molar-refractivity contribution in [2.75, 3.05) is 33.3 Å². The molecule has 0 heterocycles. The molecule has 154 valence electrons. The maximum absolute atomic E-state index is 12.2. The van der Waals surface area contributed by atoms with Gasteiger partial charge in [0.2, 0.25) is 11.7 Å². The molecule has 0 spiro atoms. The van der Waals surface area contributed by atoms with E-state index < -0.39 is 0 Å². The van der Waals surface area contributed by atoms with Crippen LogP contribution in [0.1, 0.15) is 29.3 Å². The average Bonchev–Trinajstić information content (AvgIpc) is 2.75. The van der Waals surface area contributed by atoms with Crippen LogP contribution in [0.4, 0.5) is 5.69 Å². The number of anilines is 1.